The minimum Gasteiger partial charge on any atom is -0.480 e. The normalized spacial score (nSPS) is 11.9. The summed E-state index contributed by atoms with van der Waals surface area (Å²) < 4.78 is 11.7. The van der Waals surface area contributed by atoms with Gasteiger partial charge < -0.3 is 14.4 Å². The molecule has 7 nitrogen and oxygen atoms in total. The van der Waals surface area contributed by atoms with Gasteiger partial charge in [-0.25, -0.2) is 4.79 Å². The van der Waals surface area contributed by atoms with E-state index in [2.05, 4.69) is 9.69 Å². The van der Waals surface area contributed by atoms with Crippen molar-refractivity contribution in [3.63, 3.8) is 0 Å². The van der Waals surface area contributed by atoms with E-state index >= 15 is 0 Å². The average molecular weight is 546 g/mol. The fraction of sp³-hybridized carbons (Fsp3) is 0.138. The first-order valence-corrected chi connectivity index (χ1v) is 13.0. The number of carbonyl (C=O) groups is 2. The SMILES string of the molecule is Cc1nsc(-c2ccc(-c3ccc4c(ccn4CC(=O)O)c3)cc2)c1NC(=O)OC(C)c1ccccc1Cl. The van der Waals surface area contributed by atoms with Gasteiger partial charge in [0.2, 0.25) is 0 Å². The first-order chi connectivity index (χ1) is 18.3. The molecule has 1 atom stereocenters. The largest absolute Gasteiger partial charge is 0.480 e. The molecule has 0 saturated carbocycles. The van der Waals surface area contributed by atoms with Crippen LogP contribution in [0.3, 0.4) is 0 Å². The van der Waals surface area contributed by atoms with Crippen LogP contribution in [0, 0.1) is 6.92 Å². The zero-order valence-electron chi connectivity index (χ0n) is 20.6. The predicted molar refractivity (Wildman–Crippen MR) is 151 cm³/mol. The maximum absolute atomic E-state index is 12.7. The van der Waals surface area contributed by atoms with Crippen molar-refractivity contribution in [3.05, 3.63) is 95.3 Å². The van der Waals surface area contributed by atoms with Crippen LogP contribution >= 0.6 is 23.1 Å². The number of benzene rings is 3. The lowest BCUT2D eigenvalue weighted by molar-refractivity contribution is -0.137. The zero-order chi connectivity index (χ0) is 26.8. The highest BCUT2D eigenvalue weighted by molar-refractivity contribution is 7.10. The second-order valence-electron chi connectivity index (χ2n) is 8.85. The number of anilines is 1. The van der Waals surface area contributed by atoms with Gasteiger partial charge in [-0.2, -0.15) is 4.37 Å². The van der Waals surface area contributed by atoms with Crippen LogP contribution in [-0.2, 0) is 16.1 Å². The third-order valence-electron chi connectivity index (χ3n) is 6.27. The monoisotopic (exact) mass is 545 g/mol. The van der Waals surface area contributed by atoms with Crippen LogP contribution < -0.4 is 5.32 Å². The van der Waals surface area contributed by atoms with E-state index in [4.69, 9.17) is 21.4 Å². The minimum atomic E-state index is -0.877. The number of nitrogens with one attached hydrogen (secondary N) is 1. The standard InChI is InChI=1S/C29H24ClN3O4S/c1-17-27(31-29(36)37-18(2)23-5-3-4-6-24(23)30)28(38-32-17)20-9-7-19(8-10-20)21-11-12-25-22(15-21)13-14-33(25)16-26(34)35/h3-15,18H,16H2,1-2H3,(H,31,36)(H,34,35). The molecule has 0 aliphatic carbocycles. The van der Waals surface area contributed by atoms with Crippen molar-refractivity contribution in [1.82, 2.24) is 8.94 Å². The molecule has 38 heavy (non-hydrogen) atoms. The van der Waals surface area contributed by atoms with Gasteiger partial charge in [0.25, 0.3) is 0 Å². The number of amides is 1. The van der Waals surface area contributed by atoms with Gasteiger partial charge in [-0.1, -0.05) is 60.1 Å². The summed E-state index contributed by atoms with van der Waals surface area (Å²) in [6.45, 7) is 3.54. The second-order valence-corrected chi connectivity index (χ2v) is 10.0. The topological polar surface area (TPSA) is 93.5 Å². The van der Waals surface area contributed by atoms with Crippen LogP contribution in [0.5, 0.6) is 0 Å². The lowest BCUT2D eigenvalue weighted by atomic mass is 10.0. The number of hydrogen-bond donors (Lipinski definition) is 2. The van der Waals surface area contributed by atoms with Gasteiger partial charge >= 0.3 is 12.1 Å². The van der Waals surface area contributed by atoms with Crippen molar-refractivity contribution >= 4 is 51.8 Å². The van der Waals surface area contributed by atoms with E-state index in [1.165, 1.54) is 11.5 Å². The van der Waals surface area contributed by atoms with Gasteiger partial charge in [-0.3, -0.25) is 10.1 Å². The van der Waals surface area contributed by atoms with Crippen molar-refractivity contribution in [2.24, 2.45) is 0 Å². The number of aromatic nitrogens is 2. The van der Waals surface area contributed by atoms with Crippen LogP contribution in [0.2, 0.25) is 5.02 Å². The maximum atomic E-state index is 12.7. The zero-order valence-corrected chi connectivity index (χ0v) is 22.2. The number of hydrogen-bond acceptors (Lipinski definition) is 5. The number of nitrogens with zero attached hydrogens (tertiary/aromatic N) is 2. The van der Waals surface area contributed by atoms with Gasteiger partial charge in [-0.05, 0) is 66.3 Å². The van der Waals surface area contributed by atoms with Crippen molar-refractivity contribution in [2.45, 2.75) is 26.5 Å². The molecule has 0 spiro atoms. The quantitative estimate of drug-likeness (QED) is 0.218. The van der Waals surface area contributed by atoms with E-state index in [9.17, 15) is 9.59 Å². The molecule has 5 rings (SSSR count). The summed E-state index contributed by atoms with van der Waals surface area (Å²) >= 11 is 7.55. The number of rotatable bonds is 7. The summed E-state index contributed by atoms with van der Waals surface area (Å²) in [5.41, 5.74) is 5.88. The minimum absolute atomic E-state index is 0.0748. The van der Waals surface area contributed by atoms with Gasteiger partial charge in [0, 0.05) is 27.7 Å². The third-order valence-corrected chi connectivity index (χ3v) is 7.61. The Kier molecular flexibility index (Phi) is 7.18. The third kappa shape index (κ3) is 5.27. The molecule has 0 aliphatic rings. The number of carboxylic acids is 1. The molecule has 2 heterocycles. The molecule has 3 aromatic carbocycles. The molecule has 0 fully saturated rings. The molecule has 5 aromatic rings. The molecule has 1 unspecified atom stereocenters. The molecule has 0 radical (unpaired) electrons. The summed E-state index contributed by atoms with van der Waals surface area (Å²) in [6.07, 6.45) is 0.686. The number of aryl methyl sites for hydroxylation is 1. The second kappa shape index (κ2) is 10.7. The molecule has 2 N–H and O–H groups in total. The van der Waals surface area contributed by atoms with Crippen molar-refractivity contribution in [2.75, 3.05) is 5.32 Å². The summed E-state index contributed by atoms with van der Waals surface area (Å²) in [5.74, 6) is -0.877. The van der Waals surface area contributed by atoms with Gasteiger partial charge in [-0.15, -0.1) is 0 Å². The molecule has 2 aromatic heterocycles. The lowest BCUT2D eigenvalue weighted by Gasteiger charge is -2.16. The Hall–Kier alpha value is -4.14. The van der Waals surface area contributed by atoms with Crippen LogP contribution in [0.15, 0.2) is 79.0 Å². The Morgan fingerprint density at radius 1 is 1.05 bits per heavy atom. The molecule has 0 bridgehead atoms. The smallest absolute Gasteiger partial charge is 0.412 e. The molecule has 9 heteroatoms. The summed E-state index contributed by atoms with van der Waals surface area (Å²) in [6, 6.07) is 23.2. The number of halogens is 1. The molecular formula is C29H24ClN3O4S. The van der Waals surface area contributed by atoms with Crippen LogP contribution in [-0.4, -0.2) is 26.1 Å². The highest BCUT2D eigenvalue weighted by Crippen LogP contribution is 2.36. The van der Waals surface area contributed by atoms with Crippen LogP contribution in [0.4, 0.5) is 10.5 Å². The Balaban J connectivity index is 1.33. The number of aliphatic carboxylic acids is 1. The predicted octanol–water partition coefficient (Wildman–Crippen LogP) is 7.79. The molecular weight excluding hydrogens is 522 g/mol. The number of carbonyl (C=O) groups excluding carboxylic acids is 1. The summed E-state index contributed by atoms with van der Waals surface area (Å²) in [4.78, 5) is 24.6. The van der Waals surface area contributed by atoms with Crippen molar-refractivity contribution < 1.29 is 19.4 Å². The van der Waals surface area contributed by atoms with E-state index in [0.717, 1.165) is 38.0 Å². The van der Waals surface area contributed by atoms with E-state index in [-0.39, 0.29) is 6.54 Å². The van der Waals surface area contributed by atoms with Crippen molar-refractivity contribution in [1.29, 1.82) is 0 Å². The van der Waals surface area contributed by atoms with E-state index in [0.29, 0.717) is 16.4 Å². The van der Waals surface area contributed by atoms with Gasteiger partial charge in [0.15, 0.2) is 0 Å². The highest BCUT2D eigenvalue weighted by Gasteiger charge is 2.19. The number of carboxylic acid groups (broad SMARTS) is 1. The first-order valence-electron chi connectivity index (χ1n) is 11.9. The van der Waals surface area contributed by atoms with Crippen LogP contribution in [0.25, 0.3) is 32.5 Å². The fourth-order valence-corrected chi connectivity index (χ4v) is 5.49. The fourth-order valence-electron chi connectivity index (χ4n) is 4.35. The van der Waals surface area contributed by atoms with E-state index in [1.807, 2.05) is 73.7 Å². The number of ether oxygens (including phenoxy) is 1. The van der Waals surface area contributed by atoms with E-state index < -0.39 is 18.2 Å². The Labute approximate surface area is 228 Å². The average Bonchev–Trinajstić information content (AvgIpc) is 3.46. The van der Waals surface area contributed by atoms with Crippen LogP contribution in [0.1, 0.15) is 24.3 Å². The van der Waals surface area contributed by atoms with Gasteiger partial charge in [0.05, 0.1) is 16.3 Å². The first kappa shape index (κ1) is 25.5. The highest BCUT2D eigenvalue weighted by atomic mass is 35.5. The Bertz CT molecular complexity index is 1640. The Morgan fingerprint density at radius 3 is 2.50 bits per heavy atom. The Morgan fingerprint density at radius 2 is 1.76 bits per heavy atom. The van der Waals surface area contributed by atoms with E-state index in [1.54, 1.807) is 23.8 Å². The molecule has 1 amide bonds. The summed E-state index contributed by atoms with van der Waals surface area (Å²) in [5, 5.41) is 13.5. The molecule has 0 saturated heterocycles. The lowest BCUT2D eigenvalue weighted by Crippen LogP contribution is -2.16. The molecule has 0 aliphatic heterocycles. The maximum Gasteiger partial charge on any atom is 0.412 e. The summed E-state index contributed by atoms with van der Waals surface area (Å²) in [7, 11) is 0. The van der Waals surface area contributed by atoms with Gasteiger partial charge in [0.1, 0.15) is 12.6 Å². The van der Waals surface area contributed by atoms with Crippen molar-refractivity contribution in [3.8, 4) is 21.6 Å². The molecule has 192 valence electrons. The number of fused-ring (bicyclic) bond motifs is 1.